The molecule has 3 N–H and O–H groups in total. The first-order valence-electron chi connectivity index (χ1n) is 6.83. The van der Waals surface area contributed by atoms with Crippen molar-refractivity contribution in [3.05, 3.63) is 63.9 Å². The minimum absolute atomic E-state index is 0.418. The SMILES string of the molecule is CCc1cccnc1CNCc1ccc(C(N)=O)cc1Cl. The van der Waals surface area contributed by atoms with E-state index in [4.69, 9.17) is 17.3 Å². The highest BCUT2D eigenvalue weighted by Crippen LogP contribution is 2.18. The number of benzene rings is 1. The molecule has 0 spiro atoms. The van der Waals surface area contributed by atoms with Crippen molar-refractivity contribution in [1.82, 2.24) is 10.3 Å². The van der Waals surface area contributed by atoms with Crippen LogP contribution in [0.4, 0.5) is 0 Å². The zero-order valence-electron chi connectivity index (χ0n) is 11.9. The number of aryl methyl sites for hydroxylation is 1. The van der Waals surface area contributed by atoms with E-state index < -0.39 is 5.91 Å². The number of pyridine rings is 1. The smallest absolute Gasteiger partial charge is 0.248 e. The van der Waals surface area contributed by atoms with Gasteiger partial charge in [-0.3, -0.25) is 9.78 Å². The Balaban J connectivity index is 1.99. The van der Waals surface area contributed by atoms with Gasteiger partial charge in [0.25, 0.3) is 0 Å². The normalized spacial score (nSPS) is 10.6. The molecule has 0 aliphatic carbocycles. The maximum atomic E-state index is 11.1. The van der Waals surface area contributed by atoms with Gasteiger partial charge in [-0.25, -0.2) is 0 Å². The first-order valence-corrected chi connectivity index (χ1v) is 7.21. The van der Waals surface area contributed by atoms with Crippen LogP contribution < -0.4 is 11.1 Å². The molecule has 5 heteroatoms. The van der Waals surface area contributed by atoms with Crippen LogP contribution in [0.15, 0.2) is 36.5 Å². The summed E-state index contributed by atoms with van der Waals surface area (Å²) in [6, 6.07) is 9.12. The van der Waals surface area contributed by atoms with Gasteiger partial charge in [-0.15, -0.1) is 0 Å². The molecule has 4 nitrogen and oxygen atoms in total. The number of primary amides is 1. The Labute approximate surface area is 129 Å². The number of halogens is 1. The third-order valence-corrected chi connectivity index (χ3v) is 3.66. The molecule has 0 fully saturated rings. The third-order valence-electron chi connectivity index (χ3n) is 3.31. The molecule has 0 atom stereocenters. The van der Waals surface area contributed by atoms with E-state index in [1.54, 1.807) is 18.3 Å². The van der Waals surface area contributed by atoms with Gasteiger partial charge in [0.05, 0.1) is 5.69 Å². The summed E-state index contributed by atoms with van der Waals surface area (Å²) in [4.78, 5) is 15.5. The molecular weight excluding hydrogens is 286 g/mol. The predicted molar refractivity (Wildman–Crippen MR) is 84.1 cm³/mol. The number of carbonyl (C=O) groups excluding carboxylic acids is 1. The lowest BCUT2D eigenvalue weighted by molar-refractivity contribution is 0.100. The van der Waals surface area contributed by atoms with E-state index in [9.17, 15) is 4.79 Å². The van der Waals surface area contributed by atoms with Gasteiger partial charge in [0.2, 0.25) is 5.91 Å². The summed E-state index contributed by atoms with van der Waals surface area (Å²) in [6.45, 7) is 3.40. The number of nitrogens with zero attached hydrogens (tertiary/aromatic N) is 1. The molecule has 2 aromatic rings. The maximum Gasteiger partial charge on any atom is 0.248 e. The number of carbonyl (C=O) groups is 1. The van der Waals surface area contributed by atoms with Crippen LogP contribution in [0.5, 0.6) is 0 Å². The second-order valence-corrected chi connectivity index (χ2v) is 5.14. The Kier molecular flexibility index (Phi) is 5.31. The van der Waals surface area contributed by atoms with Crippen molar-refractivity contribution in [3.8, 4) is 0 Å². The van der Waals surface area contributed by atoms with Crippen LogP contribution in [0.3, 0.4) is 0 Å². The maximum absolute atomic E-state index is 11.1. The molecule has 0 bridgehead atoms. The topological polar surface area (TPSA) is 68.0 Å². The van der Waals surface area contributed by atoms with Gasteiger partial charge in [-0.2, -0.15) is 0 Å². The molecule has 1 heterocycles. The molecule has 0 saturated heterocycles. The Morgan fingerprint density at radius 3 is 2.76 bits per heavy atom. The number of aromatic nitrogens is 1. The van der Waals surface area contributed by atoms with E-state index >= 15 is 0 Å². The molecule has 110 valence electrons. The van der Waals surface area contributed by atoms with Crippen molar-refractivity contribution < 1.29 is 4.79 Å². The van der Waals surface area contributed by atoms with Crippen LogP contribution in [0.2, 0.25) is 5.02 Å². The van der Waals surface area contributed by atoms with Gasteiger partial charge in [-0.05, 0) is 35.7 Å². The Hall–Kier alpha value is -1.91. The second-order valence-electron chi connectivity index (χ2n) is 4.74. The minimum atomic E-state index is -0.475. The summed E-state index contributed by atoms with van der Waals surface area (Å²) in [5, 5.41) is 3.86. The van der Waals surface area contributed by atoms with E-state index in [1.165, 1.54) is 5.56 Å². The first-order chi connectivity index (χ1) is 10.1. The molecule has 2 rings (SSSR count). The standard InChI is InChI=1S/C16H18ClN3O/c1-2-11-4-3-7-20-15(11)10-19-9-13-6-5-12(16(18)21)8-14(13)17/h3-8,19H,2,9-10H2,1H3,(H2,18,21). The molecule has 1 amide bonds. The van der Waals surface area contributed by atoms with Crippen molar-refractivity contribution in [3.63, 3.8) is 0 Å². The fourth-order valence-corrected chi connectivity index (χ4v) is 2.36. The monoisotopic (exact) mass is 303 g/mol. The predicted octanol–water partition coefficient (Wildman–Crippen LogP) is 2.69. The van der Waals surface area contributed by atoms with Gasteiger partial charge in [0, 0.05) is 29.9 Å². The largest absolute Gasteiger partial charge is 0.366 e. The highest BCUT2D eigenvalue weighted by molar-refractivity contribution is 6.31. The van der Waals surface area contributed by atoms with Gasteiger partial charge in [-0.1, -0.05) is 30.7 Å². The number of rotatable bonds is 6. The van der Waals surface area contributed by atoms with E-state index in [1.807, 2.05) is 12.1 Å². The molecule has 21 heavy (non-hydrogen) atoms. The summed E-state index contributed by atoms with van der Waals surface area (Å²) in [5.74, 6) is -0.475. The zero-order chi connectivity index (χ0) is 15.2. The third kappa shape index (κ3) is 4.03. The lowest BCUT2D eigenvalue weighted by Crippen LogP contribution is -2.16. The van der Waals surface area contributed by atoms with Gasteiger partial charge >= 0.3 is 0 Å². The van der Waals surface area contributed by atoms with E-state index in [2.05, 4.69) is 23.3 Å². The second kappa shape index (κ2) is 7.20. The van der Waals surface area contributed by atoms with Crippen molar-refractivity contribution in [2.75, 3.05) is 0 Å². The zero-order valence-corrected chi connectivity index (χ0v) is 12.7. The van der Waals surface area contributed by atoms with Gasteiger partial charge < -0.3 is 11.1 Å². The Morgan fingerprint density at radius 1 is 1.29 bits per heavy atom. The van der Waals surface area contributed by atoms with Crippen LogP contribution in [0, 0.1) is 0 Å². The van der Waals surface area contributed by atoms with Crippen LogP contribution in [-0.4, -0.2) is 10.9 Å². The van der Waals surface area contributed by atoms with E-state index in [0.29, 0.717) is 23.7 Å². The van der Waals surface area contributed by atoms with Gasteiger partial charge in [0.1, 0.15) is 0 Å². The highest BCUT2D eigenvalue weighted by atomic mass is 35.5. The van der Waals surface area contributed by atoms with Crippen LogP contribution in [0.25, 0.3) is 0 Å². The number of nitrogens with one attached hydrogen (secondary N) is 1. The van der Waals surface area contributed by atoms with Crippen molar-refractivity contribution in [1.29, 1.82) is 0 Å². The molecule has 0 unspecified atom stereocenters. The lowest BCUT2D eigenvalue weighted by atomic mass is 10.1. The summed E-state index contributed by atoms with van der Waals surface area (Å²) in [6.07, 6.45) is 2.75. The summed E-state index contributed by atoms with van der Waals surface area (Å²) < 4.78 is 0. The number of nitrogens with two attached hydrogens (primary N) is 1. The summed E-state index contributed by atoms with van der Waals surface area (Å²) >= 11 is 6.15. The van der Waals surface area contributed by atoms with E-state index in [0.717, 1.165) is 17.7 Å². The number of amides is 1. The average molecular weight is 304 g/mol. The van der Waals surface area contributed by atoms with E-state index in [-0.39, 0.29) is 0 Å². The molecular formula is C16H18ClN3O. The van der Waals surface area contributed by atoms with Crippen LogP contribution >= 0.6 is 11.6 Å². The molecule has 0 aliphatic heterocycles. The Bertz CT molecular complexity index is 643. The van der Waals surface area contributed by atoms with Crippen molar-refractivity contribution >= 4 is 17.5 Å². The lowest BCUT2D eigenvalue weighted by Gasteiger charge is -2.09. The molecule has 1 aromatic carbocycles. The Morgan fingerprint density at radius 2 is 2.10 bits per heavy atom. The number of hydrogen-bond donors (Lipinski definition) is 2. The van der Waals surface area contributed by atoms with Gasteiger partial charge in [0.15, 0.2) is 0 Å². The first kappa shape index (κ1) is 15.5. The van der Waals surface area contributed by atoms with Crippen LogP contribution in [0.1, 0.15) is 34.1 Å². The fraction of sp³-hybridized carbons (Fsp3) is 0.250. The fourth-order valence-electron chi connectivity index (χ4n) is 2.11. The number of hydrogen-bond acceptors (Lipinski definition) is 3. The summed E-state index contributed by atoms with van der Waals surface area (Å²) in [5.41, 5.74) is 8.85. The quantitative estimate of drug-likeness (QED) is 0.862. The molecule has 0 aliphatic rings. The van der Waals surface area contributed by atoms with Crippen molar-refractivity contribution in [2.45, 2.75) is 26.4 Å². The molecule has 1 aromatic heterocycles. The highest BCUT2D eigenvalue weighted by Gasteiger charge is 2.06. The minimum Gasteiger partial charge on any atom is -0.366 e. The van der Waals surface area contributed by atoms with Crippen molar-refractivity contribution in [2.24, 2.45) is 5.73 Å². The van der Waals surface area contributed by atoms with Crippen LogP contribution in [-0.2, 0) is 19.5 Å². The molecule has 0 saturated carbocycles. The average Bonchev–Trinajstić information content (AvgIpc) is 2.49. The summed E-state index contributed by atoms with van der Waals surface area (Å²) in [7, 11) is 0. The molecule has 0 radical (unpaired) electrons.